The van der Waals surface area contributed by atoms with Crippen LogP contribution in [-0.2, 0) is 67.6 Å². The van der Waals surface area contributed by atoms with E-state index in [1.54, 1.807) is 0 Å². The van der Waals surface area contributed by atoms with Gasteiger partial charge in [-0.05, 0) is 67.1 Å². The van der Waals surface area contributed by atoms with Crippen molar-refractivity contribution >= 4 is 79.8 Å². The molecule has 4 rings (SSSR count). The Labute approximate surface area is 295 Å². The zero-order chi connectivity index (χ0) is 31.2. The first-order valence-corrected chi connectivity index (χ1v) is 22.3. The normalized spacial score (nSPS) is 11.9. The Balaban J connectivity index is 0.000000293. The molecule has 0 saturated heterocycles. The molecule has 0 nitrogen and oxygen atoms in total. The SMILES string of the molecule is CC(C)c1ccccc1P(=S)([S-])c1ccccc1C(C)C.CC(C)c1ccccc1P(=S)([S-])c1ccccc1C(C)C.[Zn+2]. The van der Waals surface area contributed by atoms with E-state index in [0.29, 0.717) is 23.7 Å². The van der Waals surface area contributed by atoms with Gasteiger partial charge in [-0.25, -0.2) is 0 Å². The molecule has 0 aromatic heterocycles. The van der Waals surface area contributed by atoms with Crippen LogP contribution in [0.5, 0.6) is 0 Å². The van der Waals surface area contributed by atoms with Crippen LogP contribution < -0.4 is 21.2 Å². The van der Waals surface area contributed by atoms with Gasteiger partial charge in [-0.15, -0.1) is 34.1 Å². The van der Waals surface area contributed by atoms with Crippen molar-refractivity contribution in [1.82, 2.24) is 0 Å². The molecule has 7 heteroatoms. The molecule has 0 N–H and O–H groups in total. The van der Waals surface area contributed by atoms with Crippen LogP contribution >= 0.6 is 10.5 Å². The van der Waals surface area contributed by atoms with Crippen molar-refractivity contribution in [3.63, 3.8) is 0 Å². The Bertz CT molecular complexity index is 1360. The van der Waals surface area contributed by atoms with Gasteiger partial charge in [-0.2, -0.15) is 0 Å². The average Bonchev–Trinajstić information content (AvgIpc) is 2.97. The van der Waals surface area contributed by atoms with Gasteiger partial charge in [-0.3, -0.25) is 0 Å². The molecule has 0 amide bonds. The smallest absolute Gasteiger partial charge is 0.738 e. The summed E-state index contributed by atoms with van der Waals surface area (Å²) in [5.74, 6) is 1.77. The van der Waals surface area contributed by atoms with Gasteiger partial charge in [0.05, 0.1) is 0 Å². The minimum Gasteiger partial charge on any atom is -0.738 e. The predicted octanol–water partition coefficient (Wildman–Crippen LogP) is 9.65. The molecule has 224 valence electrons. The third-order valence-electron chi connectivity index (χ3n) is 7.50. The van der Waals surface area contributed by atoms with Crippen LogP contribution in [0.4, 0.5) is 0 Å². The monoisotopic (exact) mass is 730 g/mol. The number of benzene rings is 4. The molecule has 0 spiro atoms. The Morgan fingerprint density at radius 3 is 0.721 bits per heavy atom. The van der Waals surface area contributed by atoms with Crippen LogP contribution in [0.2, 0.25) is 0 Å². The summed E-state index contributed by atoms with van der Waals surface area (Å²) in [6, 6.07) is 33.8. The summed E-state index contributed by atoms with van der Waals surface area (Å²) in [7, 11) is 0. The van der Waals surface area contributed by atoms with Gasteiger partial charge in [0, 0.05) is 0 Å². The molecular weight excluding hydrogens is 688 g/mol. The van der Waals surface area contributed by atoms with Crippen molar-refractivity contribution in [2.45, 2.75) is 79.1 Å². The first-order chi connectivity index (χ1) is 19.7. The van der Waals surface area contributed by atoms with Crippen molar-refractivity contribution < 1.29 is 19.5 Å². The van der Waals surface area contributed by atoms with Crippen LogP contribution in [-0.4, -0.2) is 0 Å². The van der Waals surface area contributed by atoms with Crippen LogP contribution in [0, 0.1) is 0 Å². The molecule has 0 atom stereocenters. The van der Waals surface area contributed by atoms with E-state index in [4.69, 9.17) is 48.1 Å². The fourth-order valence-electron chi connectivity index (χ4n) is 5.23. The second-order valence-electron chi connectivity index (χ2n) is 12.0. The first-order valence-electron chi connectivity index (χ1n) is 14.7. The third kappa shape index (κ3) is 9.29. The summed E-state index contributed by atoms with van der Waals surface area (Å²) < 4.78 is 0. The summed E-state index contributed by atoms with van der Waals surface area (Å²) in [6.45, 7) is 17.6. The Morgan fingerprint density at radius 1 is 0.395 bits per heavy atom. The van der Waals surface area contributed by atoms with Gasteiger partial charge in [0.25, 0.3) is 0 Å². The molecule has 0 heterocycles. The summed E-state index contributed by atoms with van der Waals surface area (Å²) in [5, 5.41) is 0.444. The molecule has 4 aromatic rings. The molecule has 4 aromatic carbocycles. The van der Waals surface area contributed by atoms with E-state index in [9.17, 15) is 0 Å². The molecule has 0 radical (unpaired) electrons. The Kier molecular flexibility index (Phi) is 15.2. The van der Waals surface area contributed by atoms with E-state index in [0.717, 1.165) is 0 Å². The molecule has 0 unspecified atom stereocenters. The molecule has 0 aliphatic rings. The second-order valence-corrected chi connectivity index (χ2v) is 24.0. The van der Waals surface area contributed by atoms with Crippen molar-refractivity contribution in [3.8, 4) is 0 Å². The average molecular weight is 732 g/mol. The molecule has 0 aliphatic carbocycles. The van der Waals surface area contributed by atoms with Crippen LogP contribution in [0.25, 0.3) is 0 Å². The summed E-state index contributed by atoms with van der Waals surface area (Å²) >= 11 is 24.1. The number of hydrogen-bond acceptors (Lipinski definition) is 4. The van der Waals surface area contributed by atoms with Crippen molar-refractivity contribution in [2.75, 3.05) is 0 Å². The molecule has 0 bridgehead atoms. The van der Waals surface area contributed by atoms with Crippen LogP contribution in [0.1, 0.15) is 101 Å². The van der Waals surface area contributed by atoms with Gasteiger partial charge in [0.2, 0.25) is 0 Å². The maximum atomic E-state index is 6.02. The summed E-state index contributed by atoms with van der Waals surface area (Å²) in [6.07, 6.45) is 0. The van der Waals surface area contributed by atoms with Crippen molar-refractivity contribution in [1.29, 1.82) is 0 Å². The van der Waals surface area contributed by atoms with Gasteiger partial charge in [0.1, 0.15) is 0 Å². The van der Waals surface area contributed by atoms with E-state index in [2.05, 4.69) is 152 Å². The Hall–Kier alpha value is -0.497. The maximum Gasteiger partial charge on any atom is 2.00 e. The standard InChI is InChI=1S/2C18H23PS2.Zn/c2*1-13(2)15-9-5-7-11-17(15)19(20,21)18-12-8-6-10-16(18)14(3)4;/h2*5-14H,1-4H3,(H,20,21);/q;;+2/p-2. The zero-order valence-electron chi connectivity index (χ0n) is 26.8. The molecule has 0 aliphatic heterocycles. The van der Waals surface area contributed by atoms with E-state index < -0.39 is 10.5 Å². The van der Waals surface area contributed by atoms with Crippen LogP contribution in [0.15, 0.2) is 97.1 Å². The third-order valence-corrected chi connectivity index (χ3v) is 16.4. The van der Waals surface area contributed by atoms with Crippen molar-refractivity contribution in [2.24, 2.45) is 0 Å². The van der Waals surface area contributed by atoms with E-state index in [1.165, 1.54) is 43.5 Å². The van der Waals surface area contributed by atoms with E-state index in [-0.39, 0.29) is 19.5 Å². The van der Waals surface area contributed by atoms with Gasteiger partial charge < -0.3 is 24.5 Å². The second kappa shape index (κ2) is 16.9. The molecule has 0 saturated carbocycles. The van der Waals surface area contributed by atoms with Crippen molar-refractivity contribution in [3.05, 3.63) is 119 Å². The fraction of sp³-hybridized carbons (Fsp3) is 0.333. The first kappa shape index (κ1) is 38.7. The minimum atomic E-state index is -2.16. The quantitative estimate of drug-likeness (QED) is 0.101. The topological polar surface area (TPSA) is 0 Å². The largest absolute Gasteiger partial charge is 2.00 e. The van der Waals surface area contributed by atoms with Gasteiger partial charge in [0.15, 0.2) is 0 Å². The summed E-state index contributed by atoms with van der Waals surface area (Å²) in [5.41, 5.74) is 5.20. The zero-order valence-corrected chi connectivity index (χ0v) is 34.8. The maximum absolute atomic E-state index is 6.02. The van der Waals surface area contributed by atoms with Gasteiger partial charge in [-0.1, -0.05) is 152 Å². The van der Waals surface area contributed by atoms with E-state index >= 15 is 0 Å². The van der Waals surface area contributed by atoms with Crippen LogP contribution in [0.3, 0.4) is 0 Å². The fourth-order valence-corrected chi connectivity index (χ4v) is 13.6. The summed E-state index contributed by atoms with van der Waals surface area (Å²) in [4.78, 5) is 0. The molecular formula is C36H44P2S4Zn. The Morgan fingerprint density at radius 2 is 0.558 bits per heavy atom. The van der Waals surface area contributed by atoms with Gasteiger partial charge >= 0.3 is 19.5 Å². The molecule has 0 fully saturated rings. The number of rotatable bonds is 8. The number of hydrogen-bond donors (Lipinski definition) is 0. The molecule has 43 heavy (non-hydrogen) atoms. The van der Waals surface area contributed by atoms with E-state index in [1.807, 2.05) is 0 Å². The predicted molar refractivity (Wildman–Crippen MR) is 204 cm³/mol. The minimum absolute atomic E-state index is 0.